The van der Waals surface area contributed by atoms with E-state index in [2.05, 4.69) is 10.3 Å². The van der Waals surface area contributed by atoms with Crippen LogP contribution in [0.1, 0.15) is 10.4 Å². The van der Waals surface area contributed by atoms with Crippen LogP contribution in [0.5, 0.6) is 0 Å². The Morgan fingerprint density at radius 2 is 2.29 bits per heavy atom. The summed E-state index contributed by atoms with van der Waals surface area (Å²) < 4.78 is 23.7. The SMILES string of the molecule is O=C(O)c1cc(NCC(F)F)ncc1[N+](=O)[O-]. The molecule has 0 spiro atoms. The zero-order valence-corrected chi connectivity index (χ0v) is 8.26. The first-order valence-electron chi connectivity index (χ1n) is 4.31. The van der Waals surface area contributed by atoms with Gasteiger partial charge in [-0.1, -0.05) is 0 Å². The molecule has 9 heteroatoms. The second kappa shape index (κ2) is 5.14. The quantitative estimate of drug-likeness (QED) is 0.601. The Kier molecular flexibility index (Phi) is 3.86. The summed E-state index contributed by atoms with van der Waals surface area (Å²) in [6.45, 7) is -0.718. The van der Waals surface area contributed by atoms with E-state index in [0.717, 1.165) is 6.07 Å². The highest BCUT2D eigenvalue weighted by Gasteiger charge is 2.21. The van der Waals surface area contributed by atoms with E-state index in [-0.39, 0.29) is 5.82 Å². The monoisotopic (exact) mass is 247 g/mol. The van der Waals surface area contributed by atoms with Crippen LogP contribution in [0.25, 0.3) is 0 Å². The summed E-state index contributed by atoms with van der Waals surface area (Å²) >= 11 is 0. The highest BCUT2D eigenvalue weighted by molar-refractivity contribution is 5.93. The number of pyridine rings is 1. The molecule has 1 heterocycles. The molecular weight excluding hydrogens is 240 g/mol. The number of nitrogens with zero attached hydrogens (tertiary/aromatic N) is 2. The predicted octanol–water partition coefficient (Wildman–Crippen LogP) is 1.36. The van der Waals surface area contributed by atoms with Crippen LogP contribution < -0.4 is 5.32 Å². The number of anilines is 1. The smallest absolute Gasteiger partial charge is 0.342 e. The van der Waals surface area contributed by atoms with Gasteiger partial charge in [0.05, 0.1) is 11.5 Å². The lowest BCUT2D eigenvalue weighted by Gasteiger charge is -2.05. The van der Waals surface area contributed by atoms with Gasteiger partial charge < -0.3 is 10.4 Å². The van der Waals surface area contributed by atoms with Crippen molar-refractivity contribution in [2.24, 2.45) is 0 Å². The first kappa shape index (κ1) is 12.7. The lowest BCUT2D eigenvalue weighted by Crippen LogP contribution is -2.12. The number of aromatic nitrogens is 1. The molecule has 1 aromatic rings. The first-order valence-corrected chi connectivity index (χ1v) is 4.31. The number of halogens is 2. The fourth-order valence-electron chi connectivity index (χ4n) is 1.04. The molecular formula is C8H7F2N3O4. The van der Waals surface area contributed by atoms with Crippen molar-refractivity contribution in [3.05, 3.63) is 27.9 Å². The fraction of sp³-hybridized carbons (Fsp3) is 0.250. The van der Waals surface area contributed by atoms with Gasteiger partial charge in [0, 0.05) is 6.07 Å². The number of carboxylic acids is 1. The minimum atomic E-state index is -2.64. The Morgan fingerprint density at radius 3 is 2.76 bits per heavy atom. The maximum Gasteiger partial charge on any atom is 0.342 e. The summed E-state index contributed by atoms with van der Waals surface area (Å²) in [6.07, 6.45) is -1.93. The van der Waals surface area contributed by atoms with E-state index >= 15 is 0 Å². The number of nitro groups is 1. The molecule has 1 aromatic heterocycles. The number of nitrogens with one attached hydrogen (secondary N) is 1. The first-order chi connectivity index (χ1) is 7.91. The Bertz CT molecular complexity index is 452. The summed E-state index contributed by atoms with van der Waals surface area (Å²) in [6, 6.07) is 0.836. The van der Waals surface area contributed by atoms with Gasteiger partial charge in [0.15, 0.2) is 0 Å². The minimum Gasteiger partial charge on any atom is -0.477 e. The van der Waals surface area contributed by atoms with Crippen LogP contribution in [-0.2, 0) is 0 Å². The molecule has 0 saturated carbocycles. The van der Waals surface area contributed by atoms with Gasteiger partial charge in [-0.25, -0.2) is 18.6 Å². The van der Waals surface area contributed by atoms with Gasteiger partial charge in [0.1, 0.15) is 17.6 Å². The number of alkyl halides is 2. The van der Waals surface area contributed by atoms with Gasteiger partial charge >= 0.3 is 11.7 Å². The van der Waals surface area contributed by atoms with Crippen molar-refractivity contribution in [2.75, 3.05) is 11.9 Å². The lowest BCUT2D eigenvalue weighted by molar-refractivity contribution is -0.385. The molecule has 0 fully saturated rings. The molecule has 1 rings (SSSR count). The molecule has 0 atom stereocenters. The molecule has 2 N–H and O–H groups in total. The molecule has 0 aliphatic rings. The molecule has 0 saturated heterocycles. The van der Waals surface area contributed by atoms with Gasteiger partial charge in [0.25, 0.3) is 6.43 Å². The van der Waals surface area contributed by atoms with E-state index in [1.54, 1.807) is 0 Å². The van der Waals surface area contributed by atoms with E-state index in [9.17, 15) is 23.7 Å². The van der Waals surface area contributed by atoms with Crippen molar-refractivity contribution >= 4 is 17.5 Å². The highest BCUT2D eigenvalue weighted by Crippen LogP contribution is 2.20. The Morgan fingerprint density at radius 1 is 1.65 bits per heavy atom. The molecule has 7 nitrogen and oxygen atoms in total. The van der Waals surface area contributed by atoms with Crippen molar-refractivity contribution in [1.82, 2.24) is 4.98 Å². The van der Waals surface area contributed by atoms with Crippen LogP contribution in [0.4, 0.5) is 20.3 Å². The summed E-state index contributed by atoms with van der Waals surface area (Å²) in [5.41, 5.74) is -1.30. The fourth-order valence-corrected chi connectivity index (χ4v) is 1.04. The predicted molar refractivity (Wildman–Crippen MR) is 52.3 cm³/mol. The largest absolute Gasteiger partial charge is 0.477 e. The number of hydrogen-bond donors (Lipinski definition) is 2. The topological polar surface area (TPSA) is 105 Å². The molecule has 0 amide bonds. The second-order valence-corrected chi connectivity index (χ2v) is 2.92. The van der Waals surface area contributed by atoms with E-state index in [4.69, 9.17) is 5.11 Å². The van der Waals surface area contributed by atoms with Crippen LogP contribution >= 0.6 is 0 Å². The van der Waals surface area contributed by atoms with Crippen LogP contribution in [-0.4, -0.2) is 34.0 Å². The molecule has 17 heavy (non-hydrogen) atoms. The van der Waals surface area contributed by atoms with Crippen LogP contribution in [0.2, 0.25) is 0 Å². The third kappa shape index (κ3) is 3.33. The van der Waals surface area contributed by atoms with E-state index in [0.29, 0.717) is 6.20 Å². The number of aromatic carboxylic acids is 1. The molecule has 0 radical (unpaired) electrons. The zero-order valence-electron chi connectivity index (χ0n) is 8.26. The van der Waals surface area contributed by atoms with Gasteiger partial charge in [-0.15, -0.1) is 0 Å². The van der Waals surface area contributed by atoms with E-state index < -0.39 is 35.1 Å². The third-order valence-electron chi connectivity index (χ3n) is 1.75. The molecule has 0 aliphatic carbocycles. The van der Waals surface area contributed by atoms with Crippen molar-refractivity contribution in [1.29, 1.82) is 0 Å². The lowest BCUT2D eigenvalue weighted by atomic mass is 10.2. The highest BCUT2D eigenvalue weighted by atomic mass is 19.3. The average Bonchev–Trinajstić information content (AvgIpc) is 2.25. The van der Waals surface area contributed by atoms with Gasteiger partial charge in [0.2, 0.25) is 0 Å². The van der Waals surface area contributed by atoms with Gasteiger partial charge in [-0.3, -0.25) is 10.1 Å². The van der Waals surface area contributed by atoms with Crippen molar-refractivity contribution in [3.8, 4) is 0 Å². The maximum absolute atomic E-state index is 11.9. The second-order valence-electron chi connectivity index (χ2n) is 2.92. The zero-order chi connectivity index (χ0) is 13.0. The molecule has 92 valence electrons. The average molecular weight is 247 g/mol. The van der Waals surface area contributed by atoms with Crippen molar-refractivity contribution in [2.45, 2.75) is 6.43 Å². The summed E-state index contributed by atoms with van der Waals surface area (Å²) in [5.74, 6) is -1.69. The standard InChI is InChI=1S/C8H7F2N3O4/c9-6(10)3-12-7-1-4(8(14)15)5(2-11-7)13(16)17/h1-2,6H,3H2,(H,11,12)(H,14,15). The van der Waals surface area contributed by atoms with Gasteiger partial charge in [-0.05, 0) is 0 Å². The van der Waals surface area contributed by atoms with Crippen LogP contribution in [0, 0.1) is 10.1 Å². The number of rotatable bonds is 5. The molecule has 0 aliphatic heterocycles. The number of hydrogen-bond acceptors (Lipinski definition) is 5. The van der Waals surface area contributed by atoms with Crippen molar-refractivity contribution < 1.29 is 23.6 Å². The number of carboxylic acid groups (broad SMARTS) is 1. The molecule has 0 aromatic carbocycles. The van der Waals surface area contributed by atoms with E-state index in [1.165, 1.54) is 0 Å². The molecule has 0 unspecified atom stereocenters. The van der Waals surface area contributed by atoms with E-state index in [1.807, 2.05) is 0 Å². The Hall–Kier alpha value is -2.32. The number of carbonyl (C=O) groups is 1. The Balaban J connectivity index is 3.02. The van der Waals surface area contributed by atoms with Crippen LogP contribution in [0.3, 0.4) is 0 Å². The summed E-state index contributed by atoms with van der Waals surface area (Å²) in [4.78, 5) is 23.7. The Labute approximate surface area is 93.2 Å². The van der Waals surface area contributed by atoms with Crippen molar-refractivity contribution in [3.63, 3.8) is 0 Å². The summed E-state index contributed by atoms with van der Waals surface area (Å²) in [5, 5.41) is 21.3. The summed E-state index contributed by atoms with van der Waals surface area (Å²) in [7, 11) is 0. The van der Waals surface area contributed by atoms with Gasteiger partial charge in [-0.2, -0.15) is 0 Å². The minimum absolute atomic E-state index is 0.159. The van der Waals surface area contributed by atoms with Crippen LogP contribution in [0.15, 0.2) is 12.3 Å². The normalized spacial score (nSPS) is 10.3. The maximum atomic E-state index is 11.9. The third-order valence-corrected chi connectivity index (χ3v) is 1.75. The molecule has 0 bridgehead atoms.